The van der Waals surface area contributed by atoms with Crippen LogP contribution in [0.4, 0.5) is 10.8 Å². The van der Waals surface area contributed by atoms with Crippen LogP contribution in [0.1, 0.15) is 15.9 Å². The number of benzene rings is 3. The first-order valence-corrected chi connectivity index (χ1v) is 14.5. The molecule has 0 saturated carbocycles. The van der Waals surface area contributed by atoms with Gasteiger partial charge in [0.1, 0.15) is 0 Å². The Morgan fingerprint density at radius 3 is 2.37 bits per heavy atom. The molecule has 1 saturated heterocycles. The molecule has 200 valence electrons. The van der Waals surface area contributed by atoms with E-state index in [-0.39, 0.29) is 28.9 Å². The number of aromatic nitrogens is 1. The van der Waals surface area contributed by atoms with Gasteiger partial charge in [0, 0.05) is 39.3 Å². The van der Waals surface area contributed by atoms with Crippen LogP contribution in [-0.2, 0) is 10.0 Å². The number of halogens is 1. The Bertz CT molecular complexity index is 1470. The van der Waals surface area contributed by atoms with Gasteiger partial charge in [0.05, 0.1) is 26.4 Å². The Morgan fingerprint density at radius 2 is 1.63 bits per heavy atom. The molecule has 2 heterocycles. The second-order valence-corrected chi connectivity index (χ2v) is 11.7. The summed E-state index contributed by atoms with van der Waals surface area (Å²) in [5.74, 6) is -0.310. The van der Waals surface area contributed by atoms with Gasteiger partial charge in [-0.2, -0.15) is 0 Å². The number of carbonyl (C=O) groups excluding carboxylic acids is 1. The molecule has 3 aromatic carbocycles. The van der Waals surface area contributed by atoms with E-state index in [4.69, 9.17) is 4.98 Å². The number of piperazine rings is 1. The van der Waals surface area contributed by atoms with Crippen LogP contribution in [0.2, 0.25) is 0 Å². The number of hydrogen-bond acceptors (Lipinski definition) is 7. The van der Waals surface area contributed by atoms with Crippen LogP contribution in [0.3, 0.4) is 0 Å². The minimum Gasteiger partial charge on any atom is -0.351 e. The smallest absolute Gasteiger partial charge is 0.261 e. The lowest BCUT2D eigenvalue weighted by Crippen LogP contribution is -2.48. The van der Waals surface area contributed by atoms with E-state index < -0.39 is 10.0 Å². The summed E-state index contributed by atoms with van der Waals surface area (Å²) >= 11 is 1.72. The van der Waals surface area contributed by atoms with E-state index in [0.717, 1.165) is 48.9 Å². The molecule has 0 atom stereocenters. The maximum absolute atomic E-state index is 12.9. The van der Waals surface area contributed by atoms with Crippen molar-refractivity contribution in [2.24, 2.45) is 0 Å². The summed E-state index contributed by atoms with van der Waals surface area (Å²) in [6, 6.07) is 21.4. The van der Waals surface area contributed by atoms with Crippen molar-refractivity contribution in [1.82, 2.24) is 15.2 Å². The summed E-state index contributed by atoms with van der Waals surface area (Å²) in [5.41, 5.74) is 2.55. The zero-order chi connectivity index (χ0) is 25.8. The first kappa shape index (κ1) is 27.8. The number of carbonyl (C=O) groups is 1. The normalized spacial score (nSPS) is 14.2. The topological polar surface area (TPSA) is 94.6 Å². The van der Waals surface area contributed by atoms with Gasteiger partial charge < -0.3 is 10.2 Å². The van der Waals surface area contributed by atoms with Gasteiger partial charge in [0.15, 0.2) is 5.13 Å². The van der Waals surface area contributed by atoms with Crippen molar-refractivity contribution in [3.63, 3.8) is 0 Å². The van der Waals surface area contributed by atoms with Crippen LogP contribution >= 0.6 is 23.7 Å². The van der Waals surface area contributed by atoms with Gasteiger partial charge in [-0.25, -0.2) is 13.4 Å². The van der Waals surface area contributed by atoms with E-state index in [0.29, 0.717) is 12.1 Å². The van der Waals surface area contributed by atoms with Crippen molar-refractivity contribution < 1.29 is 13.2 Å². The number of nitrogens with one attached hydrogen (secondary N) is 2. The Labute approximate surface area is 233 Å². The molecule has 0 spiro atoms. The van der Waals surface area contributed by atoms with Crippen LogP contribution in [0.25, 0.3) is 10.2 Å². The van der Waals surface area contributed by atoms with E-state index in [1.165, 1.54) is 4.70 Å². The summed E-state index contributed by atoms with van der Waals surface area (Å²) < 4.78 is 29.4. The summed E-state index contributed by atoms with van der Waals surface area (Å²) in [5, 5.41) is 4.00. The summed E-state index contributed by atoms with van der Waals surface area (Å²) in [6.45, 7) is 6.63. The molecule has 0 aliphatic carbocycles. The second-order valence-electron chi connectivity index (χ2n) is 9.01. The van der Waals surface area contributed by atoms with Gasteiger partial charge in [0.2, 0.25) is 0 Å². The first-order valence-electron chi connectivity index (χ1n) is 12.2. The van der Waals surface area contributed by atoms with Crippen molar-refractivity contribution in [3.05, 3.63) is 83.9 Å². The lowest BCUT2D eigenvalue weighted by molar-refractivity contribution is 0.0948. The number of para-hydroxylation sites is 2. The SMILES string of the molecule is Cc1ccc(S(=O)(=O)Nc2ccccc2C(=O)NCCN2CCN(c3nc4ccccc4s3)CC2)cc1.Cl. The molecule has 0 radical (unpaired) electrons. The van der Waals surface area contributed by atoms with Gasteiger partial charge >= 0.3 is 0 Å². The molecule has 0 unspecified atom stereocenters. The highest BCUT2D eigenvalue weighted by atomic mass is 35.5. The number of fused-ring (bicyclic) bond motifs is 1. The van der Waals surface area contributed by atoms with Gasteiger partial charge in [0.25, 0.3) is 15.9 Å². The predicted molar refractivity (Wildman–Crippen MR) is 156 cm³/mol. The number of amides is 1. The minimum absolute atomic E-state index is 0. The molecule has 1 aliphatic rings. The highest BCUT2D eigenvalue weighted by Crippen LogP contribution is 2.29. The molecule has 11 heteroatoms. The molecule has 1 fully saturated rings. The molecule has 1 amide bonds. The average molecular weight is 572 g/mol. The van der Waals surface area contributed by atoms with Crippen molar-refractivity contribution in [3.8, 4) is 0 Å². The maximum atomic E-state index is 12.9. The number of aryl methyl sites for hydroxylation is 1. The minimum atomic E-state index is -3.81. The number of thiazole rings is 1. The predicted octanol–water partition coefficient (Wildman–Crippen LogP) is 4.38. The lowest BCUT2D eigenvalue weighted by Gasteiger charge is -2.34. The number of anilines is 2. The Balaban J connectivity index is 0.00000336. The molecule has 8 nitrogen and oxygen atoms in total. The average Bonchev–Trinajstić information content (AvgIpc) is 3.34. The molecule has 5 rings (SSSR count). The molecular weight excluding hydrogens is 542 g/mol. The lowest BCUT2D eigenvalue weighted by atomic mass is 10.1. The van der Waals surface area contributed by atoms with Gasteiger partial charge in [-0.15, -0.1) is 12.4 Å². The van der Waals surface area contributed by atoms with Crippen molar-refractivity contribution >= 4 is 60.7 Å². The number of rotatable bonds is 8. The van der Waals surface area contributed by atoms with Crippen molar-refractivity contribution in [2.45, 2.75) is 11.8 Å². The zero-order valence-corrected chi connectivity index (χ0v) is 23.4. The number of sulfonamides is 1. The number of hydrogen-bond donors (Lipinski definition) is 2. The monoisotopic (exact) mass is 571 g/mol. The van der Waals surface area contributed by atoms with Crippen LogP contribution in [0.15, 0.2) is 77.7 Å². The third-order valence-corrected chi connectivity index (χ3v) is 8.86. The molecular formula is C27H30ClN5O3S2. The first-order chi connectivity index (χ1) is 17.9. The molecule has 2 N–H and O–H groups in total. The van der Waals surface area contributed by atoms with E-state index in [1.54, 1.807) is 59.9 Å². The van der Waals surface area contributed by atoms with Crippen molar-refractivity contribution in [1.29, 1.82) is 0 Å². The standard InChI is InChI=1S/C27H29N5O3S2.ClH/c1-20-10-12-21(13-11-20)37(34,35)30-23-7-3-2-6-22(23)26(33)28-14-15-31-16-18-32(19-17-31)27-29-24-8-4-5-9-25(24)36-27;/h2-13,30H,14-19H2,1H3,(H,28,33);1H. The summed E-state index contributed by atoms with van der Waals surface area (Å²) in [7, 11) is -3.81. The second kappa shape index (κ2) is 12.1. The fourth-order valence-electron chi connectivity index (χ4n) is 4.27. The Morgan fingerprint density at radius 1 is 0.947 bits per heavy atom. The fraction of sp³-hybridized carbons (Fsp3) is 0.259. The maximum Gasteiger partial charge on any atom is 0.261 e. The van der Waals surface area contributed by atoms with Crippen LogP contribution in [-0.4, -0.2) is 63.5 Å². The van der Waals surface area contributed by atoms with Gasteiger partial charge in [-0.1, -0.05) is 53.3 Å². The molecule has 1 aliphatic heterocycles. The van der Waals surface area contributed by atoms with E-state index in [2.05, 4.69) is 25.9 Å². The largest absolute Gasteiger partial charge is 0.351 e. The quantitative estimate of drug-likeness (QED) is 0.326. The molecule has 0 bridgehead atoms. The van der Waals surface area contributed by atoms with E-state index in [1.807, 2.05) is 25.1 Å². The fourth-order valence-corrected chi connectivity index (χ4v) is 6.37. The van der Waals surface area contributed by atoms with Gasteiger partial charge in [-0.3, -0.25) is 14.4 Å². The summed E-state index contributed by atoms with van der Waals surface area (Å²) in [6.07, 6.45) is 0. The third kappa shape index (κ3) is 6.44. The Kier molecular flexibility index (Phi) is 8.88. The van der Waals surface area contributed by atoms with Gasteiger partial charge in [-0.05, 0) is 43.3 Å². The van der Waals surface area contributed by atoms with Crippen LogP contribution in [0, 0.1) is 6.92 Å². The number of nitrogens with zero attached hydrogens (tertiary/aromatic N) is 3. The molecule has 4 aromatic rings. The van der Waals surface area contributed by atoms with E-state index in [9.17, 15) is 13.2 Å². The van der Waals surface area contributed by atoms with Crippen LogP contribution < -0.4 is 14.9 Å². The van der Waals surface area contributed by atoms with Crippen LogP contribution in [0.5, 0.6) is 0 Å². The Hall–Kier alpha value is -3.18. The summed E-state index contributed by atoms with van der Waals surface area (Å²) in [4.78, 5) is 22.5. The highest BCUT2D eigenvalue weighted by molar-refractivity contribution is 7.92. The van der Waals surface area contributed by atoms with E-state index >= 15 is 0 Å². The molecule has 38 heavy (non-hydrogen) atoms. The zero-order valence-electron chi connectivity index (χ0n) is 21.0. The highest BCUT2D eigenvalue weighted by Gasteiger charge is 2.21. The van der Waals surface area contributed by atoms with Crippen molar-refractivity contribution in [2.75, 3.05) is 48.9 Å². The molecule has 1 aromatic heterocycles. The third-order valence-electron chi connectivity index (χ3n) is 6.39.